The van der Waals surface area contributed by atoms with Gasteiger partial charge < -0.3 is 0 Å². The first kappa shape index (κ1) is 15.7. The summed E-state index contributed by atoms with van der Waals surface area (Å²) < 4.78 is 37.5. The van der Waals surface area contributed by atoms with E-state index in [1.54, 1.807) is 6.07 Å². The smallest absolute Gasteiger partial charge is 0.166 e. The Morgan fingerprint density at radius 2 is 2.00 bits per heavy atom. The fourth-order valence-corrected chi connectivity index (χ4v) is 2.98. The largest absolute Gasteiger partial charge is 0.416 e. The summed E-state index contributed by atoms with van der Waals surface area (Å²) in [5.41, 5.74) is -0.582. The maximum absolute atomic E-state index is 12.5. The Morgan fingerprint density at radius 1 is 1.28 bits per heavy atom. The molecule has 0 heterocycles. The molecule has 0 fully saturated rings. The van der Waals surface area contributed by atoms with Crippen LogP contribution in [0.4, 0.5) is 13.2 Å². The lowest BCUT2D eigenvalue weighted by atomic mass is 10.1. The lowest BCUT2D eigenvalue weighted by Gasteiger charge is -2.10. The second kappa shape index (κ2) is 7.29. The SMILES string of the molecule is CC(CCCl)CCSc1cccc(C(F)(F)F)c1. The molecule has 0 bridgehead atoms. The highest BCUT2D eigenvalue weighted by molar-refractivity contribution is 7.99. The van der Waals surface area contributed by atoms with Gasteiger partial charge in [-0.2, -0.15) is 13.2 Å². The van der Waals surface area contributed by atoms with E-state index < -0.39 is 11.7 Å². The third-order valence-electron chi connectivity index (χ3n) is 2.64. The zero-order chi connectivity index (χ0) is 13.6. The van der Waals surface area contributed by atoms with Crippen molar-refractivity contribution in [3.63, 3.8) is 0 Å². The quantitative estimate of drug-likeness (QED) is 0.497. The van der Waals surface area contributed by atoms with Gasteiger partial charge in [0.05, 0.1) is 5.56 Å². The van der Waals surface area contributed by atoms with Crippen molar-refractivity contribution in [3.8, 4) is 0 Å². The molecule has 1 aromatic rings. The van der Waals surface area contributed by atoms with E-state index in [0.717, 1.165) is 24.7 Å². The van der Waals surface area contributed by atoms with E-state index in [-0.39, 0.29) is 0 Å². The molecule has 1 rings (SSSR count). The summed E-state index contributed by atoms with van der Waals surface area (Å²) >= 11 is 7.09. The van der Waals surface area contributed by atoms with Crippen LogP contribution in [-0.2, 0) is 6.18 Å². The monoisotopic (exact) mass is 296 g/mol. The van der Waals surface area contributed by atoms with Gasteiger partial charge in [0.25, 0.3) is 0 Å². The van der Waals surface area contributed by atoms with Gasteiger partial charge in [0, 0.05) is 10.8 Å². The van der Waals surface area contributed by atoms with Crippen LogP contribution in [0.2, 0.25) is 0 Å². The van der Waals surface area contributed by atoms with E-state index in [1.165, 1.54) is 23.9 Å². The Balaban J connectivity index is 2.48. The van der Waals surface area contributed by atoms with Crippen LogP contribution in [0, 0.1) is 5.92 Å². The van der Waals surface area contributed by atoms with Crippen LogP contribution in [-0.4, -0.2) is 11.6 Å². The zero-order valence-electron chi connectivity index (χ0n) is 10.1. The predicted molar refractivity (Wildman–Crippen MR) is 71.3 cm³/mol. The zero-order valence-corrected chi connectivity index (χ0v) is 11.7. The summed E-state index contributed by atoms with van der Waals surface area (Å²) in [5, 5.41) is 0. The minimum Gasteiger partial charge on any atom is -0.166 e. The number of rotatable bonds is 6. The Labute approximate surface area is 115 Å². The van der Waals surface area contributed by atoms with Crippen molar-refractivity contribution in [3.05, 3.63) is 29.8 Å². The Morgan fingerprint density at radius 3 is 2.61 bits per heavy atom. The molecule has 0 aliphatic carbocycles. The molecule has 0 saturated carbocycles. The molecule has 0 radical (unpaired) electrons. The molecule has 18 heavy (non-hydrogen) atoms. The minimum atomic E-state index is -4.26. The summed E-state index contributed by atoms with van der Waals surface area (Å²) in [6.07, 6.45) is -2.35. The number of hydrogen-bond acceptors (Lipinski definition) is 1. The van der Waals surface area contributed by atoms with Crippen LogP contribution < -0.4 is 0 Å². The van der Waals surface area contributed by atoms with Gasteiger partial charge in [-0.05, 0) is 42.7 Å². The Bertz CT molecular complexity index is 365. The van der Waals surface area contributed by atoms with Gasteiger partial charge in [0.1, 0.15) is 0 Å². The summed E-state index contributed by atoms with van der Waals surface area (Å²) in [5.74, 6) is 1.97. The highest BCUT2D eigenvalue weighted by Gasteiger charge is 2.30. The lowest BCUT2D eigenvalue weighted by molar-refractivity contribution is -0.137. The van der Waals surface area contributed by atoms with Gasteiger partial charge in [-0.15, -0.1) is 23.4 Å². The average molecular weight is 297 g/mol. The highest BCUT2D eigenvalue weighted by atomic mass is 35.5. The first-order chi connectivity index (χ1) is 8.43. The van der Waals surface area contributed by atoms with Crippen LogP contribution in [0.1, 0.15) is 25.3 Å². The molecular formula is C13H16ClF3S. The van der Waals surface area contributed by atoms with Gasteiger partial charge >= 0.3 is 6.18 Å². The summed E-state index contributed by atoms with van der Waals surface area (Å²) in [7, 11) is 0. The highest BCUT2D eigenvalue weighted by Crippen LogP contribution is 2.32. The second-order valence-electron chi connectivity index (χ2n) is 4.25. The van der Waals surface area contributed by atoms with Crippen molar-refractivity contribution in [1.82, 2.24) is 0 Å². The third kappa shape index (κ3) is 5.53. The van der Waals surface area contributed by atoms with Crippen molar-refractivity contribution in [2.75, 3.05) is 11.6 Å². The molecular weight excluding hydrogens is 281 g/mol. The van der Waals surface area contributed by atoms with Gasteiger partial charge in [0.15, 0.2) is 0 Å². The van der Waals surface area contributed by atoms with Crippen molar-refractivity contribution >= 4 is 23.4 Å². The molecule has 0 aromatic heterocycles. The molecule has 0 N–H and O–H groups in total. The minimum absolute atomic E-state index is 0.515. The summed E-state index contributed by atoms with van der Waals surface area (Å²) in [4.78, 5) is 0.669. The van der Waals surface area contributed by atoms with Crippen LogP contribution in [0.25, 0.3) is 0 Å². The summed E-state index contributed by atoms with van der Waals surface area (Å²) in [6, 6.07) is 5.47. The second-order valence-corrected chi connectivity index (χ2v) is 5.79. The number of benzene rings is 1. The number of alkyl halides is 4. The molecule has 0 aliphatic rings. The number of thioether (sulfide) groups is 1. The van der Waals surface area contributed by atoms with E-state index in [2.05, 4.69) is 6.92 Å². The van der Waals surface area contributed by atoms with Crippen molar-refractivity contribution < 1.29 is 13.2 Å². The molecule has 1 aromatic carbocycles. The molecule has 1 unspecified atom stereocenters. The van der Waals surface area contributed by atoms with Gasteiger partial charge in [0.2, 0.25) is 0 Å². The standard InChI is InChI=1S/C13H16ClF3S/c1-10(5-7-14)6-8-18-12-4-2-3-11(9-12)13(15,16)17/h2-4,9-10H,5-8H2,1H3. The van der Waals surface area contributed by atoms with Gasteiger partial charge in [-0.1, -0.05) is 13.0 Å². The number of halogens is 4. The Kier molecular flexibility index (Phi) is 6.36. The van der Waals surface area contributed by atoms with Crippen molar-refractivity contribution in [1.29, 1.82) is 0 Å². The molecule has 0 aliphatic heterocycles. The van der Waals surface area contributed by atoms with E-state index >= 15 is 0 Å². The van der Waals surface area contributed by atoms with Gasteiger partial charge in [-0.3, -0.25) is 0 Å². The molecule has 0 amide bonds. The van der Waals surface area contributed by atoms with Crippen LogP contribution in [0.3, 0.4) is 0 Å². The molecule has 0 spiro atoms. The van der Waals surface area contributed by atoms with Crippen molar-refractivity contribution in [2.24, 2.45) is 5.92 Å². The Hall–Kier alpha value is -0.350. The summed E-state index contributed by atoms with van der Waals surface area (Å²) in [6.45, 7) is 2.11. The first-order valence-corrected chi connectivity index (χ1v) is 7.31. The van der Waals surface area contributed by atoms with Gasteiger partial charge in [-0.25, -0.2) is 0 Å². The van der Waals surface area contributed by atoms with Crippen LogP contribution >= 0.6 is 23.4 Å². The normalized spacial score (nSPS) is 13.6. The molecule has 102 valence electrons. The van der Waals surface area contributed by atoms with Crippen LogP contribution in [0.15, 0.2) is 29.2 Å². The van der Waals surface area contributed by atoms with Crippen LogP contribution in [0.5, 0.6) is 0 Å². The molecule has 0 saturated heterocycles. The topological polar surface area (TPSA) is 0 Å². The fourth-order valence-electron chi connectivity index (χ4n) is 1.47. The van der Waals surface area contributed by atoms with E-state index in [0.29, 0.717) is 16.7 Å². The predicted octanol–water partition coefficient (Wildman–Crippen LogP) is 5.45. The number of hydrogen-bond donors (Lipinski definition) is 0. The molecule has 5 heteroatoms. The molecule has 0 nitrogen and oxygen atoms in total. The fraction of sp³-hybridized carbons (Fsp3) is 0.538. The van der Waals surface area contributed by atoms with E-state index in [9.17, 15) is 13.2 Å². The molecule has 1 atom stereocenters. The van der Waals surface area contributed by atoms with E-state index in [4.69, 9.17) is 11.6 Å². The third-order valence-corrected chi connectivity index (χ3v) is 3.89. The van der Waals surface area contributed by atoms with Crippen molar-refractivity contribution in [2.45, 2.75) is 30.8 Å². The first-order valence-electron chi connectivity index (χ1n) is 5.79. The lowest BCUT2D eigenvalue weighted by Crippen LogP contribution is -2.04. The van der Waals surface area contributed by atoms with E-state index in [1.807, 2.05) is 0 Å². The average Bonchev–Trinajstić information content (AvgIpc) is 2.29. The maximum Gasteiger partial charge on any atom is 0.416 e. The maximum atomic E-state index is 12.5.